The molecule has 0 saturated carbocycles. The molecule has 1 unspecified atom stereocenters. The minimum atomic E-state index is -0.379. The number of allylic oxidation sites excluding steroid dienone is 1. The molecule has 7 heteroatoms. The molecule has 160 valence electrons. The Morgan fingerprint density at radius 3 is 2.65 bits per heavy atom. The average molecular weight is 418 g/mol. The van der Waals surface area contributed by atoms with E-state index in [1.165, 1.54) is 0 Å². The predicted molar refractivity (Wildman–Crippen MR) is 118 cm³/mol. The van der Waals surface area contributed by atoms with Crippen LogP contribution in [0.1, 0.15) is 38.3 Å². The zero-order chi connectivity index (χ0) is 22.0. The summed E-state index contributed by atoms with van der Waals surface area (Å²) in [5.74, 6) is 1.88. The highest BCUT2D eigenvalue weighted by Gasteiger charge is 2.35. The summed E-state index contributed by atoms with van der Waals surface area (Å²) in [5, 5.41) is 7.31. The number of carbonyl (C=O) groups excluding carboxylic acids is 1. The minimum Gasteiger partial charge on any atom is -0.497 e. The first-order valence-corrected chi connectivity index (χ1v) is 10.3. The summed E-state index contributed by atoms with van der Waals surface area (Å²) >= 11 is 0. The van der Waals surface area contributed by atoms with Crippen LogP contribution in [-0.4, -0.2) is 34.7 Å². The fourth-order valence-electron chi connectivity index (χ4n) is 3.75. The van der Waals surface area contributed by atoms with Crippen molar-refractivity contribution >= 4 is 11.6 Å². The van der Waals surface area contributed by atoms with Crippen LogP contribution in [0.4, 0.5) is 4.79 Å². The van der Waals surface area contributed by atoms with Crippen molar-refractivity contribution in [2.75, 3.05) is 13.7 Å². The molecule has 0 radical (unpaired) electrons. The van der Waals surface area contributed by atoms with E-state index in [1.54, 1.807) is 12.0 Å². The molecule has 0 fully saturated rings. The number of aromatic nitrogens is 2. The Balaban J connectivity index is 1.80. The van der Waals surface area contributed by atoms with E-state index in [4.69, 9.17) is 9.26 Å². The number of rotatable bonds is 6. The van der Waals surface area contributed by atoms with Crippen LogP contribution >= 0.6 is 0 Å². The van der Waals surface area contributed by atoms with Crippen LogP contribution in [0.25, 0.3) is 17.0 Å². The maximum Gasteiger partial charge on any atom is 0.322 e. The second-order valence-electron chi connectivity index (χ2n) is 7.95. The summed E-state index contributed by atoms with van der Waals surface area (Å²) in [7, 11) is 1.62. The van der Waals surface area contributed by atoms with Crippen LogP contribution in [0, 0.1) is 5.92 Å². The lowest BCUT2D eigenvalue weighted by atomic mass is 9.94. The molecule has 0 spiro atoms. The Kier molecular flexibility index (Phi) is 5.75. The van der Waals surface area contributed by atoms with E-state index < -0.39 is 0 Å². The topological polar surface area (TPSA) is 80.5 Å². The number of hydrogen-bond donors (Lipinski definition) is 1. The van der Waals surface area contributed by atoms with Gasteiger partial charge < -0.3 is 14.6 Å². The van der Waals surface area contributed by atoms with Crippen molar-refractivity contribution in [2.45, 2.75) is 26.8 Å². The number of hydrogen-bond acceptors (Lipinski definition) is 5. The molecular weight excluding hydrogens is 392 g/mol. The monoisotopic (exact) mass is 418 g/mol. The van der Waals surface area contributed by atoms with Gasteiger partial charge in [-0.25, -0.2) is 4.79 Å². The lowest BCUT2D eigenvalue weighted by molar-refractivity contribution is 0.199. The Morgan fingerprint density at radius 1 is 1.16 bits per heavy atom. The fraction of sp³-hybridized carbons (Fsp3) is 0.292. The molecule has 2 heterocycles. The van der Waals surface area contributed by atoms with Crippen LogP contribution in [0.15, 0.2) is 64.8 Å². The number of benzene rings is 2. The fourth-order valence-corrected chi connectivity index (χ4v) is 3.75. The first-order chi connectivity index (χ1) is 15.0. The van der Waals surface area contributed by atoms with Crippen molar-refractivity contribution in [1.29, 1.82) is 0 Å². The summed E-state index contributed by atoms with van der Waals surface area (Å²) in [5.41, 5.74) is 3.36. The van der Waals surface area contributed by atoms with Gasteiger partial charge in [-0.3, -0.25) is 4.90 Å². The molecule has 0 saturated heterocycles. The third-order valence-electron chi connectivity index (χ3n) is 5.26. The highest BCUT2D eigenvalue weighted by molar-refractivity contribution is 5.86. The molecule has 4 rings (SSSR count). The second-order valence-corrected chi connectivity index (χ2v) is 7.95. The van der Waals surface area contributed by atoms with E-state index in [-0.39, 0.29) is 12.1 Å². The number of urea groups is 1. The molecule has 2 aromatic carbocycles. The van der Waals surface area contributed by atoms with Crippen molar-refractivity contribution in [3.05, 3.63) is 71.7 Å². The Hall–Kier alpha value is -3.61. The zero-order valence-corrected chi connectivity index (χ0v) is 18.1. The van der Waals surface area contributed by atoms with Crippen LogP contribution in [0.2, 0.25) is 0 Å². The van der Waals surface area contributed by atoms with Crippen molar-refractivity contribution in [3.8, 4) is 17.1 Å². The molecule has 0 bridgehead atoms. The van der Waals surface area contributed by atoms with Crippen molar-refractivity contribution in [1.82, 2.24) is 20.4 Å². The van der Waals surface area contributed by atoms with Gasteiger partial charge in [0.15, 0.2) is 0 Å². The molecule has 7 nitrogen and oxygen atoms in total. The molecule has 1 aromatic heterocycles. The third kappa shape index (κ3) is 4.17. The summed E-state index contributed by atoms with van der Waals surface area (Å²) in [6.07, 6.45) is 0. The van der Waals surface area contributed by atoms with Crippen molar-refractivity contribution in [2.24, 2.45) is 5.92 Å². The first kappa shape index (κ1) is 20.7. The summed E-state index contributed by atoms with van der Waals surface area (Å²) in [6.45, 7) is 6.69. The van der Waals surface area contributed by atoms with Crippen LogP contribution < -0.4 is 10.1 Å². The highest BCUT2D eigenvalue weighted by atomic mass is 16.5. The second kappa shape index (κ2) is 8.63. The van der Waals surface area contributed by atoms with Crippen LogP contribution in [-0.2, 0) is 0 Å². The van der Waals surface area contributed by atoms with E-state index in [2.05, 4.69) is 29.3 Å². The van der Waals surface area contributed by atoms with Gasteiger partial charge >= 0.3 is 6.03 Å². The smallest absolute Gasteiger partial charge is 0.322 e. The van der Waals surface area contributed by atoms with E-state index in [0.717, 1.165) is 28.1 Å². The zero-order valence-electron chi connectivity index (χ0n) is 18.1. The molecular formula is C24H26N4O3. The highest BCUT2D eigenvalue weighted by Crippen LogP contribution is 2.37. The summed E-state index contributed by atoms with van der Waals surface area (Å²) < 4.78 is 11.0. The largest absolute Gasteiger partial charge is 0.497 e. The molecule has 1 N–H and O–H groups in total. The Labute approximate surface area is 181 Å². The molecule has 1 aliphatic heterocycles. The quantitative estimate of drug-likeness (QED) is 0.616. The van der Waals surface area contributed by atoms with E-state index in [1.807, 2.05) is 61.5 Å². The van der Waals surface area contributed by atoms with Gasteiger partial charge in [-0.15, -0.1) is 0 Å². The van der Waals surface area contributed by atoms with Gasteiger partial charge in [-0.1, -0.05) is 61.5 Å². The lowest BCUT2D eigenvalue weighted by Crippen LogP contribution is -2.47. The summed E-state index contributed by atoms with van der Waals surface area (Å²) in [4.78, 5) is 19.3. The predicted octanol–water partition coefficient (Wildman–Crippen LogP) is 4.90. The normalized spacial score (nSPS) is 16.6. The molecule has 2 amide bonds. The number of nitrogens with zero attached hydrogens (tertiary/aromatic N) is 3. The third-order valence-corrected chi connectivity index (χ3v) is 5.26. The van der Waals surface area contributed by atoms with E-state index in [9.17, 15) is 4.79 Å². The molecule has 0 aliphatic carbocycles. The SMILES string of the molecule is COc1cccc(-c2noc(C3=C(C)N(CC(C)C)C(=O)NC3c3ccccc3)n2)c1. The standard InChI is InChI=1S/C24H26N4O3/c1-15(2)14-28-16(3)20(21(25-24(28)29)17-9-6-5-7-10-17)23-26-22(27-31-23)18-11-8-12-19(13-18)30-4/h5-13,15,21H,14H2,1-4H3,(H,25,29). The first-order valence-electron chi connectivity index (χ1n) is 10.3. The maximum absolute atomic E-state index is 12.9. The molecule has 31 heavy (non-hydrogen) atoms. The van der Waals surface area contributed by atoms with Gasteiger partial charge in [0, 0.05) is 17.8 Å². The van der Waals surface area contributed by atoms with Crippen molar-refractivity contribution in [3.63, 3.8) is 0 Å². The number of nitrogens with one attached hydrogen (secondary N) is 1. The van der Waals surface area contributed by atoms with Gasteiger partial charge in [0.1, 0.15) is 5.75 Å². The Bertz CT molecular complexity index is 1100. The lowest BCUT2D eigenvalue weighted by Gasteiger charge is -2.36. The minimum absolute atomic E-state index is 0.128. The van der Waals surface area contributed by atoms with Crippen LogP contribution in [0.5, 0.6) is 5.75 Å². The van der Waals surface area contributed by atoms with Crippen molar-refractivity contribution < 1.29 is 14.1 Å². The number of methoxy groups -OCH3 is 1. The average Bonchev–Trinajstić information content (AvgIpc) is 3.26. The Morgan fingerprint density at radius 2 is 1.94 bits per heavy atom. The maximum atomic E-state index is 12.9. The number of carbonyl (C=O) groups is 1. The van der Waals surface area contributed by atoms with Crippen LogP contribution in [0.3, 0.4) is 0 Å². The number of ether oxygens (including phenoxy) is 1. The van der Waals surface area contributed by atoms with Gasteiger partial charge in [0.2, 0.25) is 5.82 Å². The van der Waals surface area contributed by atoms with Gasteiger partial charge in [0.05, 0.1) is 18.7 Å². The molecule has 1 atom stereocenters. The van der Waals surface area contributed by atoms with Gasteiger partial charge in [-0.05, 0) is 30.5 Å². The van der Waals surface area contributed by atoms with E-state index in [0.29, 0.717) is 24.2 Å². The number of amides is 2. The van der Waals surface area contributed by atoms with E-state index >= 15 is 0 Å². The molecule has 1 aliphatic rings. The molecule has 3 aromatic rings. The van der Waals surface area contributed by atoms with Gasteiger partial charge in [-0.2, -0.15) is 4.98 Å². The van der Waals surface area contributed by atoms with Gasteiger partial charge in [0.25, 0.3) is 5.89 Å². The summed E-state index contributed by atoms with van der Waals surface area (Å²) in [6, 6.07) is 16.8.